The molecule has 1 unspecified atom stereocenters. The summed E-state index contributed by atoms with van der Waals surface area (Å²) < 4.78 is 12.9. The molecule has 0 spiro atoms. The second-order valence-corrected chi connectivity index (χ2v) is 3.94. The first-order chi connectivity index (χ1) is 6.54. The van der Waals surface area contributed by atoms with Crippen molar-refractivity contribution >= 4 is 5.97 Å². The van der Waals surface area contributed by atoms with Crippen molar-refractivity contribution in [1.29, 1.82) is 0 Å². The quantitative estimate of drug-likeness (QED) is 0.743. The van der Waals surface area contributed by atoms with E-state index in [1.54, 1.807) is 13.0 Å². The molecule has 74 valence electrons. The highest BCUT2D eigenvalue weighted by molar-refractivity contribution is 5.82. The normalized spacial score (nSPS) is 24.7. The fourth-order valence-electron chi connectivity index (χ4n) is 2.05. The van der Waals surface area contributed by atoms with Crippen LogP contribution in [0.1, 0.15) is 24.5 Å². The minimum Gasteiger partial charge on any atom is -0.481 e. The number of aliphatic carboxylic acids is 1. The molecule has 1 aromatic rings. The second-order valence-electron chi connectivity index (χ2n) is 3.94. The highest BCUT2D eigenvalue weighted by Gasteiger charge is 2.40. The van der Waals surface area contributed by atoms with Gasteiger partial charge in [0, 0.05) is 0 Å². The van der Waals surface area contributed by atoms with Crippen LogP contribution in [0.3, 0.4) is 0 Å². The Bertz CT molecular complexity index is 400. The van der Waals surface area contributed by atoms with Crippen LogP contribution in [0.2, 0.25) is 0 Å². The fourth-order valence-corrected chi connectivity index (χ4v) is 2.05. The first kappa shape index (κ1) is 9.19. The minimum atomic E-state index is -0.831. The number of halogens is 1. The summed E-state index contributed by atoms with van der Waals surface area (Å²) in [6, 6.07) is 4.35. The van der Waals surface area contributed by atoms with Crippen molar-refractivity contribution in [2.24, 2.45) is 0 Å². The van der Waals surface area contributed by atoms with Crippen molar-refractivity contribution in [3.63, 3.8) is 0 Å². The molecule has 0 radical (unpaired) electrons. The Morgan fingerprint density at radius 2 is 2.29 bits per heavy atom. The monoisotopic (exact) mass is 194 g/mol. The van der Waals surface area contributed by atoms with Crippen LogP contribution in [-0.2, 0) is 16.6 Å². The predicted molar refractivity (Wildman–Crippen MR) is 49.7 cm³/mol. The van der Waals surface area contributed by atoms with Crippen LogP contribution >= 0.6 is 0 Å². The van der Waals surface area contributed by atoms with Crippen molar-refractivity contribution in [1.82, 2.24) is 0 Å². The Hall–Kier alpha value is -1.38. The summed E-state index contributed by atoms with van der Waals surface area (Å²) in [5.74, 6) is -1.12. The molecule has 2 nitrogen and oxygen atoms in total. The van der Waals surface area contributed by atoms with Gasteiger partial charge in [-0.1, -0.05) is 6.07 Å². The number of carboxylic acid groups (broad SMARTS) is 1. The zero-order chi connectivity index (χ0) is 10.3. The van der Waals surface area contributed by atoms with Crippen molar-refractivity contribution < 1.29 is 14.3 Å². The Morgan fingerprint density at radius 3 is 2.93 bits per heavy atom. The Balaban J connectivity index is 2.55. The summed E-state index contributed by atoms with van der Waals surface area (Å²) in [5.41, 5.74) is 0.754. The standard InChI is InChI=1S/C11H11FO2/c1-11(10(13)14)5-4-7-6-8(12)2-3-9(7)11/h2-3,6H,4-5H2,1H3,(H,13,14). The van der Waals surface area contributed by atoms with Gasteiger partial charge in [0.25, 0.3) is 0 Å². The van der Waals surface area contributed by atoms with E-state index in [-0.39, 0.29) is 5.82 Å². The number of hydrogen-bond donors (Lipinski definition) is 1. The van der Waals surface area contributed by atoms with Crippen LogP contribution in [0.5, 0.6) is 0 Å². The third-order valence-electron chi connectivity index (χ3n) is 3.03. The number of carboxylic acids is 1. The predicted octanol–water partition coefficient (Wildman–Crippen LogP) is 2.11. The van der Waals surface area contributed by atoms with Crippen LogP contribution in [0.4, 0.5) is 4.39 Å². The molecule has 0 fully saturated rings. The van der Waals surface area contributed by atoms with E-state index in [2.05, 4.69) is 0 Å². The number of rotatable bonds is 1. The Labute approximate surface area is 81.4 Å². The molecular weight excluding hydrogens is 183 g/mol. The van der Waals surface area contributed by atoms with E-state index >= 15 is 0 Å². The van der Waals surface area contributed by atoms with Crippen molar-refractivity contribution in [2.75, 3.05) is 0 Å². The van der Waals surface area contributed by atoms with Crippen molar-refractivity contribution in [3.05, 3.63) is 35.1 Å². The largest absolute Gasteiger partial charge is 0.481 e. The van der Waals surface area contributed by atoms with Gasteiger partial charge >= 0.3 is 5.97 Å². The lowest BCUT2D eigenvalue weighted by molar-refractivity contribution is -0.143. The van der Waals surface area contributed by atoms with Crippen LogP contribution in [0, 0.1) is 5.82 Å². The number of benzene rings is 1. The molecule has 1 atom stereocenters. The molecule has 2 rings (SSSR count). The molecule has 1 aromatic carbocycles. The molecule has 1 aliphatic carbocycles. The van der Waals surface area contributed by atoms with E-state index in [4.69, 9.17) is 5.11 Å². The van der Waals surface area contributed by atoms with E-state index in [9.17, 15) is 9.18 Å². The lowest BCUT2D eigenvalue weighted by Crippen LogP contribution is -2.29. The van der Waals surface area contributed by atoms with Gasteiger partial charge in [0.05, 0.1) is 5.41 Å². The number of aryl methyl sites for hydroxylation is 1. The van der Waals surface area contributed by atoms with Gasteiger partial charge in [-0.05, 0) is 43.0 Å². The maximum absolute atomic E-state index is 12.9. The highest BCUT2D eigenvalue weighted by atomic mass is 19.1. The van der Waals surface area contributed by atoms with Gasteiger partial charge in [0.2, 0.25) is 0 Å². The molecule has 0 aliphatic heterocycles. The summed E-state index contributed by atoms with van der Waals surface area (Å²) >= 11 is 0. The summed E-state index contributed by atoms with van der Waals surface area (Å²) in [6.07, 6.45) is 1.21. The highest BCUT2D eigenvalue weighted by Crippen LogP contribution is 2.39. The lowest BCUT2D eigenvalue weighted by atomic mass is 9.84. The summed E-state index contributed by atoms with van der Waals surface area (Å²) in [6.45, 7) is 1.69. The maximum Gasteiger partial charge on any atom is 0.313 e. The Kier molecular flexibility index (Phi) is 1.84. The number of fused-ring (bicyclic) bond motifs is 1. The molecule has 0 saturated carbocycles. The van der Waals surface area contributed by atoms with E-state index in [1.807, 2.05) is 0 Å². The molecule has 14 heavy (non-hydrogen) atoms. The van der Waals surface area contributed by atoms with Crippen molar-refractivity contribution in [2.45, 2.75) is 25.2 Å². The van der Waals surface area contributed by atoms with Crippen molar-refractivity contribution in [3.8, 4) is 0 Å². The molecule has 0 heterocycles. The summed E-state index contributed by atoms with van der Waals surface area (Å²) in [5, 5.41) is 9.09. The molecular formula is C11H11FO2. The van der Waals surface area contributed by atoms with Crippen LogP contribution < -0.4 is 0 Å². The maximum atomic E-state index is 12.9. The molecule has 0 bridgehead atoms. The van der Waals surface area contributed by atoms with Gasteiger partial charge in [-0.25, -0.2) is 4.39 Å². The average molecular weight is 194 g/mol. The van der Waals surface area contributed by atoms with E-state index in [0.29, 0.717) is 12.8 Å². The smallest absolute Gasteiger partial charge is 0.313 e. The van der Waals surface area contributed by atoms with Gasteiger partial charge < -0.3 is 5.11 Å². The van der Waals surface area contributed by atoms with E-state index in [0.717, 1.165) is 11.1 Å². The molecule has 0 amide bonds. The number of hydrogen-bond acceptors (Lipinski definition) is 1. The zero-order valence-electron chi connectivity index (χ0n) is 7.88. The van der Waals surface area contributed by atoms with Crippen LogP contribution in [-0.4, -0.2) is 11.1 Å². The van der Waals surface area contributed by atoms with E-state index in [1.165, 1.54) is 12.1 Å². The van der Waals surface area contributed by atoms with Crippen LogP contribution in [0.25, 0.3) is 0 Å². The summed E-state index contributed by atoms with van der Waals surface area (Å²) in [7, 11) is 0. The molecule has 1 N–H and O–H groups in total. The zero-order valence-corrected chi connectivity index (χ0v) is 7.88. The third-order valence-corrected chi connectivity index (χ3v) is 3.03. The average Bonchev–Trinajstić information content (AvgIpc) is 2.45. The van der Waals surface area contributed by atoms with Gasteiger partial charge in [0.1, 0.15) is 5.82 Å². The van der Waals surface area contributed by atoms with Crippen LogP contribution in [0.15, 0.2) is 18.2 Å². The minimum absolute atomic E-state index is 0.293. The second kappa shape index (κ2) is 2.80. The fraction of sp³-hybridized carbons (Fsp3) is 0.364. The topological polar surface area (TPSA) is 37.3 Å². The van der Waals surface area contributed by atoms with Gasteiger partial charge in [-0.15, -0.1) is 0 Å². The lowest BCUT2D eigenvalue weighted by Gasteiger charge is -2.19. The van der Waals surface area contributed by atoms with Gasteiger partial charge in [-0.3, -0.25) is 4.79 Å². The SMILES string of the molecule is CC1(C(=O)O)CCc2cc(F)ccc21. The number of carbonyl (C=O) groups is 1. The molecule has 1 aliphatic rings. The van der Waals surface area contributed by atoms with E-state index < -0.39 is 11.4 Å². The third kappa shape index (κ3) is 1.12. The first-order valence-electron chi connectivity index (χ1n) is 4.56. The molecule has 0 saturated heterocycles. The molecule has 0 aromatic heterocycles. The first-order valence-corrected chi connectivity index (χ1v) is 4.56. The van der Waals surface area contributed by atoms with Gasteiger partial charge in [-0.2, -0.15) is 0 Å². The Morgan fingerprint density at radius 1 is 1.57 bits per heavy atom. The van der Waals surface area contributed by atoms with Gasteiger partial charge in [0.15, 0.2) is 0 Å². The summed E-state index contributed by atoms with van der Waals surface area (Å²) in [4.78, 5) is 11.1. The molecule has 3 heteroatoms.